The van der Waals surface area contributed by atoms with E-state index in [4.69, 9.17) is 5.11 Å². The monoisotopic (exact) mass is 183 g/mol. The van der Waals surface area contributed by atoms with E-state index in [-0.39, 0.29) is 6.54 Å². The van der Waals surface area contributed by atoms with Crippen LogP contribution in [0.2, 0.25) is 0 Å². The maximum atomic E-state index is 10.3. The van der Waals surface area contributed by atoms with Crippen molar-refractivity contribution in [3.63, 3.8) is 0 Å². The van der Waals surface area contributed by atoms with E-state index in [2.05, 4.69) is 10.4 Å². The van der Waals surface area contributed by atoms with E-state index >= 15 is 0 Å². The number of rotatable bonds is 4. The lowest BCUT2D eigenvalue weighted by Crippen LogP contribution is -2.12. The molecule has 0 fully saturated rings. The van der Waals surface area contributed by atoms with E-state index in [0.717, 1.165) is 17.8 Å². The molecule has 5 nitrogen and oxygen atoms in total. The molecule has 1 aromatic heterocycles. The topological polar surface area (TPSA) is 67.2 Å². The lowest BCUT2D eigenvalue weighted by molar-refractivity contribution is -0.134. The Labute approximate surface area is 76.4 Å². The molecule has 0 saturated heterocycles. The van der Waals surface area contributed by atoms with Crippen molar-refractivity contribution in [1.82, 2.24) is 9.78 Å². The highest BCUT2D eigenvalue weighted by atomic mass is 16.4. The van der Waals surface area contributed by atoms with Gasteiger partial charge in [0.05, 0.1) is 11.4 Å². The molecule has 0 radical (unpaired) electrons. The number of carboxylic acids is 1. The molecule has 1 rings (SSSR count). The van der Waals surface area contributed by atoms with Crippen molar-refractivity contribution >= 4 is 11.7 Å². The van der Waals surface area contributed by atoms with Crippen LogP contribution in [0.5, 0.6) is 0 Å². The summed E-state index contributed by atoms with van der Waals surface area (Å²) in [4.78, 5) is 10.3. The summed E-state index contributed by atoms with van der Waals surface area (Å²) in [7, 11) is 1.81. The van der Waals surface area contributed by atoms with Crippen LogP contribution in [0.25, 0.3) is 0 Å². The summed E-state index contributed by atoms with van der Waals surface area (Å²) < 4.78 is 1.67. The highest BCUT2D eigenvalue weighted by molar-refractivity contribution is 5.72. The highest BCUT2D eigenvalue weighted by Gasteiger charge is 2.05. The van der Waals surface area contributed by atoms with Crippen LogP contribution >= 0.6 is 0 Å². The molecule has 0 aromatic carbocycles. The quantitative estimate of drug-likeness (QED) is 0.712. The molecule has 2 N–H and O–H groups in total. The van der Waals surface area contributed by atoms with Gasteiger partial charge in [0.1, 0.15) is 6.54 Å². The Bertz CT molecular complexity index is 306. The van der Waals surface area contributed by atoms with Crippen LogP contribution < -0.4 is 5.32 Å². The molecular weight excluding hydrogens is 170 g/mol. The third-order valence-corrected chi connectivity index (χ3v) is 1.67. The zero-order valence-electron chi connectivity index (χ0n) is 7.74. The summed E-state index contributed by atoms with van der Waals surface area (Å²) in [5, 5.41) is 15.4. The maximum absolute atomic E-state index is 10.3. The van der Waals surface area contributed by atoms with E-state index in [1.807, 2.05) is 14.0 Å². The lowest BCUT2D eigenvalue weighted by Gasteiger charge is -2.00. The Morgan fingerprint density at radius 3 is 3.00 bits per heavy atom. The van der Waals surface area contributed by atoms with E-state index < -0.39 is 5.97 Å². The summed E-state index contributed by atoms with van der Waals surface area (Å²) in [6, 6.07) is 0. The van der Waals surface area contributed by atoms with Crippen molar-refractivity contribution in [1.29, 1.82) is 0 Å². The minimum atomic E-state index is -0.870. The second kappa shape index (κ2) is 3.93. The number of carboxylic acid groups (broad SMARTS) is 1. The molecule has 0 bridgehead atoms. The SMILES string of the molecule is CCc1nn(C)cc1NCC(=O)O. The fraction of sp³-hybridized carbons (Fsp3) is 0.500. The Hall–Kier alpha value is -1.52. The van der Waals surface area contributed by atoms with Gasteiger partial charge in [0, 0.05) is 13.2 Å². The average molecular weight is 183 g/mol. The number of aromatic nitrogens is 2. The number of hydrogen-bond acceptors (Lipinski definition) is 3. The van der Waals surface area contributed by atoms with Crippen molar-refractivity contribution in [3.8, 4) is 0 Å². The first-order valence-corrected chi connectivity index (χ1v) is 4.11. The van der Waals surface area contributed by atoms with Crippen LogP contribution in [0.4, 0.5) is 5.69 Å². The molecule has 0 amide bonds. The van der Waals surface area contributed by atoms with Crippen LogP contribution in [0.1, 0.15) is 12.6 Å². The molecular formula is C8H13N3O2. The standard InChI is InChI=1S/C8H13N3O2/c1-3-6-7(5-11(2)10-6)9-4-8(12)13/h5,9H,3-4H2,1-2H3,(H,12,13). The van der Waals surface area contributed by atoms with Gasteiger partial charge >= 0.3 is 5.97 Å². The molecule has 0 spiro atoms. The van der Waals surface area contributed by atoms with Gasteiger partial charge in [-0.15, -0.1) is 0 Å². The molecule has 0 aliphatic heterocycles. The average Bonchev–Trinajstić information content (AvgIpc) is 2.42. The third kappa shape index (κ3) is 2.47. The van der Waals surface area contributed by atoms with Crippen molar-refractivity contribution in [2.24, 2.45) is 7.05 Å². The van der Waals surface area contributed by atoms with Crippen LogP contribution in [0.3, 0.4) is 0 Å². The largest absolute Gasteiger partial charge is 0.480 e. The maximum Gasteiger partial charge on any atom is 0.322 e. The van der Waals surface area contributed by atoms with Crippen molar-refractivity contribution in [2.75, 3.05) is 11.9 Å². The Balaban J connectivity index is 2.69. The summed E-state index contributed by atoms with van der Waals surface area (Å²) in [5.74, 6) is -0.870. The van der Waals surface area contributed by atoms with Gasteiger partial charge in [-0.2, -0.15) is 5.10 Å². The van der Waals surface area contributed by atoms with Gasteiger partial charge in [-0.3, -0.25) is 9.48 Å². The minimum absolute atomic E-state index is 0.0707. The number of aliphatic carboxylic acids is 1. The van der Waals surface area contributed by atoms with Crippen LogP contribution in [0.15, 0.2) is 6.20 Å². The Morgan fingerprint density at radius 1 is 1.77 bits per heavy atom. The van der Waals surface area contributed by atoms with Gasteiger partial charge in [0.25, 0.3) is 0 Å². The molecule has 0 saturated carbocycles. The predicted octanol–water partition coefficient (Wildman–Crippen LogP) is 0.479. The van der Waals surface area contributed by atoms with Crippen molar-refractivity contribution in [3.05, 3.63) is 11.9 Å². The Kier molecular flexibility index (Phi) is 2.89. The fourth-order valence-corrected chi connectivity index (χ4v) is 1.11. The minimum Gasteiger partial charge on any atom is -0.480 e. The summed E-state index contributed by atoms with van der Waals surface area (Å²) in [5.41, 5.74) is 1.69. The van der Waals surface area contributed by atoms with Gasteiger partial charge < -0.3 is 10.4 Å². The fourth-order valence-electron chi connectivity index (χ4n) is 1.11. The number of anilines is 1. The van der Waals surface area contributed by atoms with E-state index in [9.17, 15) is 4.79 Å². The molecule has 0 atom stereocenters. The first-order chi connectivity index (χ1) is 6.13. The summed E-state index contributed by atoms with van der Waals surface area (Å²) >= 11 is 0. The smallest absolute Gasteiger partial charge is 0.322 e. The summed E-state index contributed by atoms with van der Waals surface area (Å²) in [6.07, 6.45) is 2.57. The number of carbonyl (C=O) groups is 1. The van der Waals surface area contributed by atoms with Gasteiger partial charge in [-0.05, 0) is 6.42 Å². The normalized spacial score (nSPS) is 10.0. The second-order valence-corrected chi connectivity index (χ2v) is 2.76. The summed E-state index contributed by atoms with van der Waals surface area (Å²) in [6.45, 7) is 1.91. The van der Waals surface area contributed by atoms with Gasteiger partial charge in [0.2, 0.25) is 0 Å². The third-order valence-electron chi connectivity index (χ3n) is 1.67. The Morgan fingerprint density at radius 2 is 2.46 bits per heavy atom. The zero-order chi connectivity index (χ0) is 9.84. The molecule has 1 aromatic rings. The lowest BCUT2D eigenvalue weighted by atomic mass is 10.3. The van der Waals surface area contributed by atoms with Crippen molar-refractivity contribution in [2.45, 2.75) is 13.3 Å². The van der Waals surface area contributed by atoms with E-state index in [1.165, 1.54) is 0 Å². The molecule has 0 aliphatic rings. The van der Waals surface area contributed by atoms with Crippen LogP contribution in [0, 0.1) is 0 Å². The number of hydrogen-bond donors (Lipinski definition) is 2. The molecule has 13 heavy (non-hydrogen) atoms. The molecule has 5 heteroatoms. The van der Waals surface area contributed by atoms with E-state index in [1.54, 1.807) is 10.9 Å². The van der Waals surface area contributed by atoms with Gasteiger partial charge in [-0.25, -0.2) is 0 Å². The second-order valence-electron chi connectivity index (χ2n) is 2.76. The number of nitrogens with one attached hydrogen (secondary N) is 1. The number of aryl methyl sites for hydroxylation is 2. The molecule has 72 valence electrons. The van der Waals surface area contributed by atoms with Gasteiger partial charge in [0.15, 0.2) is 0 Å². The van der Waals surface area contributed by atoms with Gasteiger partial charge in [-0.1, -0.05) is 6.92 Å². The van der Waals surface area contributed by atoms with Crippen molar-refractivity contribution < 1.29 is 9.90 Å². The van der Waals surface area contributed by atoms with Crippen LogP contribution in [-0.4, -0.2) is 27.4 Å². The predicted molar refractivity (Wildman–Crippen MR) is 48.7 cm³/mol. The number of nitrogens with zero attached hydrogens (tertiary/aromatic N) is 2. The zero-order valence-corrected chi connectivity index (χ0v) is 7.74. The molecule has 0 unspecified atom stereocenters. The first kappa shape index (κ1) is 9.57. The van der Waals surface area contributed by atoms with E-state index in [0.29, 0.717) is 0 Å². The van der Waals surface area contributed by atoms with Crippen LogP contribution in [-0.2, 0) is 18.3 Å². The molecule has 0 aliphatic carbocycles. The first-order valence-electron chi connectivity index (χ1n) is 4.11. The molecule has 1 heterocycles. The highest BCUT2D eigenvalue weighted by Crippen LogP contribution is 2.12.